The third-order valence-corrected chi connectivity index (χ3v) is 2.54. The van der Waals surface area contributed by atoms with Crippen LogP contribution >= 0.6 is 0 Å². The lowest BCUT2D eigenvalue weighted by atomic mass is 9.98. The Morgan fingerprint density at radius 2 is 1.43 bits per heavy atom. The highest BCUT2D eigenvalue weighted by atomic mass is 19.4. The van der Waals surface area contributed by atoms with Crippen LogP contribution in [0.4, 0.5) is 36.4 Å². The highest BCUT2D eigenvalue weighted by molar-refractivity contribution is 5.34. The summed E-state index contributed by atoms with van der Waals surface area (Å²) in [6.07, 6.45) is -10.1. The molecule has 0 spiro atoms. The van der Waals surface area contributed by atoms with Crippen molar-refractivity contribution in [1.82, 2.24) is 0 Å². The number of benzene rings is 1. The molecule has 1 aromatic carbocycles. The Morgan fingerprint density at radius 1 is 1.00 bits per heavy atom. The van der Waals surface area contributed by atoms with Gasteiger partial charge in [0.2, 0.25) is 0 Å². The molecule has 1 N–H and O–H groups in total. The molecular formula is C10H6F7NO3. The van der Waals surface area contributed by atoms with Crippen molar-refractivity contribution in [3.8, 4) is 0 Å². The van der Waals surface area contributed by atoms with Gasteiger partial charge in [0.25, 0.3) is 5.69 Å². The fourth-order valence-corrected chi connectivity index (χ4v) is 1.35. The number of nitro benzene ring substituents is 1. The predicted octanol–water partition coefficient (Wildman–Crippen LogP) is 3.46. The minimum absolute atomic E-state index is 0.461. The van der Waals surface area contributed by atoms with Crippen LogP contribution in [0.25, 0.3) is 0 Å². The topological polar surface area (TPSA) is 63.4 Å². The number of aliphatic hydroxyl groups is 1. The van der Waals surface area contributed by atoms with Gasteiger partial charge < -0.3 is 5.11 Å². The van der Waals surface area contributed by atoms with Crippen LogP contribution in [0.15, 0.2) is 24.3 Å². The summed E-state index contributed by atoms with van der Waals surface area (Å²) in [7, 11) is 0. The Hall–Kier alpha value is -1.91. The summed E-state index contributed by atoms with van der Waals surface area (Å²) >= 11 is 0. The van der Waals surface area contributed by atoms with E-state index >= 15 is 0 Å². The monoisotopic (exact) mass is 321 g/mol. The first-order chi connectivity index (χ1) is 9.32. The van der Waals surface area contributed by atoms with E-state index in [0.29, 0.717) is 24.3 Å². The molecule has 0 saturated carbocycles. The molecule has 1 rings (SSSR count). The van der Waals surface area contributed by atoms with Gasteiger partial charge in [0.05, 0.1) is 4.92 Å². The van der Waals surface area contributed by atoms with Gasteiger partial charge in [-0.2, -0.15) is 30.7 Å². The molecule has 1 atom stereocenters. The molecule has 0 radical (unpaired) electrons. The van der Waals surface area contributed by atoms with Crippen LogP contribution < -0.4 is 0 Å². The molecule has 1 unspecified atom stereocenters. The molecule has 0 amide bonds. The molecule has 0 aliphatic heterocycles. The van der Waals surface area contributed by atoms with E-state index in [1.807, 2.05) is 0 Å². The second-order valence-electron chi connectivity index (χ2n) is 3.95. The zero-order valence-electron chi connectivity index (χ0n) is 9.74. The Balaban J connectivity index is 3.17. The molecule has 0 aliphatic rings. The largest absolute Gasteiger partial charge is 0.459 e. The number of non-ortho nitro benzene ring substituents is 1. The summed E-state index contributed by atoms with van der Waals surface area (Å²) in [5, 5.41) is 19.4. The summed E-state index contributed by atoms with van der Waals surface area (Å²) in [6, 6.07) is 2.09. The van der Waals surface area contributed by atoms with Gasteiger partial charge in [0.1, 0.15) is 6.10 Å². The first-order valence-electron chi connectivity index (χ1n) is 5.07. The molecule has 0 heterocycles. The predicted molar refractivity (Wildman–Crippen MR) is 54.0 cm³/mol. The van der Waals surface area contributed by atoms with Crippen molar-refractivity contribution < 1.29 is 40.8 Å². The number of alkyl halides is 7. The second kappa shape index (κ2) is 5.13. The number of hydrogen-bond acceptors (Lipinski definition) is 3. The Bertz CT molecular complexity index is 526. The Morgan fingerprint density at radius 3 is 1.76 bits per heavy atom. The molecule has 21 heavy (non-hydrogen) atoms. The van der Waals surface area contributed by atoms with E-state index in [4.69, 9.17) is 5.11 Å². The zero-order chi connectivity index (χ0) is 16.6. The Labute approximate surface area is 111 Å². The molecular weight excluding hydrogens is 315 g/mol. The molecule has 0 bridgehead atoms. The first-order valence-corrected chi connectivity index (χ1v) is 5.07. The highest BCUT2D eigenvalue weighted by Gasteiger charge is 2.75. The van der Waals surface area contributed by atoms with E-state index in [1.54, 1.807) is 0 Å². The van der Waals surface area contributed by atoms with Crippen molar-refractivity contribution in [2.75, 3.05) is 0 Å². The van der Waals surface area contributed by atoms with E-state index in [2.05, 4.69) is 0 Å². The van der Waals surface area contributed by atoms with Crippen molar-refractivity contribution in [3.63, 3.8) is 0 Å². The van der Waals surface area contributed by atoms with Crippen LogP contribution in [0.1, 0.15) is 11.7 Å². The van der Waals surface area contributed by atoms with Gasteiger partial charge >= 0.3 is 18.0 Å². The molecule has 4 nitrogen and oxygen atoms in total. The molecule has 0 fully saturated rings. The maximum atomic E-state index is 13.2. The smallest absolute Gasteiger partial charge is 0.382 e. The van der Waals surface area contributed by atoms with Crippen LogP contribution in [0.3, 0.4) is 0 Å². The molecule has 118 valence electrons. The normalized spacial score (nSPS) is 14.9. The van der Waals surface area contributed by atoms with E-state index in [-0.39, 0.29) is 0 Å². The van der Waals surface area contributed by atoms with Gasteiger partial charge in [-0.05, 0) is 17.7 Å². The van der Waals surface area contributed by atoms with Gasteiger partial charge in [0, 0.05) is 12.1 Å². The lowest BCUT2D eigenvalue weighted by Crippen LogP contribution is -2.54. The maximum Gasteiger partial charge on any atom is 0.459 e. The first kappa shape index (κ1) is 17.1. The summed E-state index contributed by atoms with van der Waals surface area (Å²) in [5.41, 5.74) is -1.63. The SMILES string of the molecule is O=[N+]([O-])c1ccc(C(O)C(F)(F)C(F)(F)C(F)(F)F)cc1. The summed E-state index contributed by atoms with van der Waals surface area (Å²) in [5.74, 6) is -12.3. The molecule has 11 heteroatoms. The van der Waals surface area contributed by atoms with Gasteiger partial charge in [-0.15, -0.1) is 0 Å². The van der Waals surface area contributed by atoms with E-state index in [1.165, 1.54) is 0 Å². The standard InChI is InChI=1S/C10H6F7NO3/c11-8(12,9(13,14)10(15,16)17)7(19)5-1-3-6(4-2-5)18(20)21/h1-4,7,19H. The number of nitrogens with zero attached hydrogens (tertiary/aromatic N) is 1. The number of rotatable bonds is 4. The number of aliphatic hydroxyl groups excluding tert-OH is 1. The maximum absolute atomic E-state index is 13.2. The van der Waals surface area contributed by atoms with Crippen LogP contribution in [-0.4, -0.2) is 28.1 Å². The molecule has 0 saturated heterocycles. The second-order valence-corrected chi connectivity index (χ2v) is 3.95. The summed E-state index contributed by atoms with van der Waals surface area (Å²) in [4.78, 5) is 9.35. The number of nitro groups is 1. The van der Waals surface area contributed by atoms with Crippen molar-refractivity contribution in [2.24, 2.45) is 0 Å². The van der Waals surface area contributed by atoms with Crippen LogP contribution in [-0.2, 0) is 0 Å². The third-order valence-electron chi connectivity index (χ3n) is 2.54. The number of halogens is 7. The average Bonchev–Trinajstić information content (AvgIpc) is 2.36. The van der Waals surface area contributed by atoms with Crippen LogP contribution in [0.2, 0.25) is 0 Å². The minimum atomic E-state index is -6.57. The van der Waals surface area contributed by atoms with Gasteiger partial charge in [-0.25, -0.2) is 0 Å². The lowest BCUT2D eigenvalue weighted by Gasteiger charge is -2.31. The van der Waals surface area contributed by atoms with Crippen molar-refractivity contribution in [1.29, 1.82) is 0 Å². The van der Waals surface area contributed by atoms with Crippen LogP contribution in [0, 0.1) is 10.1 Å². The molecule has 1 aromatic rings. The van der Waals surface area contributed by atoms with E-state index < -0.39 is 40.3 Å². The zero-order valence-corrected chi connectivity index (χ0v) is 9.74. The van der Waals surface area contributed by atoms with Crippen LogP contribution in [0.5, 0.6) is 0 Å². The number of hydrogen-bond donors (Lipinski definition) is 1. The molecule has 0 aromatic heterocycles. The Kier molecular flexibility index (Phi) is 4.19. The van der Waals surface area contributed by atoms with Gasteiger partial charge in [-0.3, -0.25) is 10.1 Å². The average molecular weight is 321 g/mol. The van der Waals surface area contributed by atoms with E-state index in [0.717, 1.165) is 0 Å². The van der Waals surface area contributed by atoms with Gasteiger partial charge in [0.15, 0.2) is 0 Å². The fraction of sp³-hybridized carbons (Fsp3) is 0.400. The highest BCUT2D eigenvalue weighted by Crippen LogP contribution is 2.51. The van der Waals surface area contributed by atoms with Crippen molar-refractivity contribution in [3.05, 3.63) is 39.9 Å². The van der Waals surface area contributed by atoms with Crippen molar-refractivity contribution in [2.45, 2.75) is 24.1 Å². The molecule has 0 aliphatic carbocycles. The lowest BCUT2D eigenvalue weighted by molar-refractivity contribution is -0.385. The fourth-order valence-electron chi connectivity index (χ4n) is 1.35. The third kappa shape index (κ3) is 2.91. The van der Waals surface area contributed by atoms with Crippen molar-refractivity contribution >= 4 is 5.69 Å². The van der Waals surface area contributed by atoms with Gasteiger partial charge in [-0.1, -0.05) is 0 Å². The van der Waals surface area contributed by atoms with E-state index in [9.17, 15) is 40.8 Å². The summed E-state index contributed by atoms with van der Waals surface area (Å²) in [6.45, 7) is 0. The minimum Gasteiger partial charge on any atom is -0.382 e. The quantitative estimate of drug-likeness (QED) is 0.525. The summed E-state index contributed by atoms with van der Waals surface area (Å²) < 4.78 is 87.6.